The molecule has 0 nitrogen and oxygen atoms in total. The Hall–Kier alpha value is 0.430. The Bertz CT molecular complexity index is 19.7. The Kier molecular flexibility index (Phi) is 10.3. The van der Waals surface area contributed by atoms with Crippen LogP contribution in [-0.2, 0) is 0 Å². The van der Waals surface area contributed by atoms with E-state index in [0.717, 1.165) is 0 Å². The third-order valence-corrected chi connectivity index (χ3v) is 0. The molecule has 0 aliphatic heterocycles. The first kappa shape index (κ1) is 15.7. The predicted octanol–water partition coefficient (Wildman–Crippen LogP) is 2.61. The molecule has 7 heavy (non-hydrogen) atoms. The van der Waals surface area contributed by atoms with Gasteiger partial charge in [-0.05, 0) is 0 Å². The smallest absolute Gasteiger partial charge is 0.0481 e. The molecule has 0 spiro atoms. The molecule has 0 unspecified atom stereocenters. The van der Waals surface area contributed by atoms with Gasteiger partial charge in [-0.2, -0.15) is 0 Å². The van der Waals surface area contributed by atoms with E-state index in [1.165, 1.54) is 0 Å². The van der Waals surface area contributed by atoms with Crippen LogP contribution in [0.1, 0.15) is 7.43 Å². The van der Waals surface area contributed by atoms with Crippen LogP contribution in [0.2, 0.25) is 0 Å². The minimum Gasteiger partial charge on any atom is -0.358 e. The highest BCUT2D eigenvalue weighted by atomic mass is 31.2. The lowest BCUT2D eigenvalue weighted by Gasteiger charge is -1.97. The molecule has 0 aliphatic carbocycles. The van der Waals surface area contributed by atoms with E-state index in [0.29, 0.717) is 0 Å². The van der Waals surface area contributed by atoms with Crippen LogP contribution < -0.4 is 0 Å². The second-order valence-electron chi connectivity index (χ2n) is 2.68. The zero-order valence-electron chi connectivity index (χ0n) is 5.45. The molecule has 0 saturated heterocycles. The molecular formula is C6H19P. The molecule has 0 atom stereocenters. The van der Waals surface area contributed by atoms with Crippen LogP contribution in [0.5, 0.6) is 0 Å². The van der Waals surface area contributed by atoms with Crippen molar-refractivity contribution in [3.63, 3.8) is 0 Å². The molecule has 1 heteroatoms. The average molecular weight is 122 g/mol. The van der Waals surface area contributed by atoms with Gasteiger partial charge in [0.2, 0.25) is 0 Å². The minimum atomic E-state index is -0.389. The molecule has 0 fully saturated rings. The molecule has 48 valence electrons. The normalized spacial score (nSPS) is 8.57. The van der Waals surface area contributed by atoms with Crippen molar-refractivity contribution in [1.29, 1.82) is 0 Å². The summed E-state index contributed by atoms with van der Waals surface area (Å²) in [5, 5.41) is 0. The highest BCUT2D eigenvalue weighted by Crippen LogP contribution is 2.40. The van der Waals surface area contributed by atoms with E-state index in [4.69, 9.17) is 0 Å². The van der Waals surface area contributed by atoms with Gasteiger partial charge in [0.15, 0.2) is 0 Å². The maximum absolute atomic E-state index is 2.30. The third kappa shape index (κ3) is 682. The summed E-state index contributed by atoms with van der Waals surface area (Å²) in [5.41, 5.74) is 0. The van der Waals surface area contributed by atoms with E-state index in [2.05, 4.69) is 26.7 Å². The Labute approximate surface area is 49.7 Å². The summed E-state index contributed by atoms with van der Waals surface area (Å²) in [5.74, 6) is 0. The Morgan fingerprint density at radius 3 is 0.857 bits per heavy atom. The van der Waals surface area contributed by atoms with Crippen molar-refractivity contribution in [3.8, 4) is 0 Å². The van der Waals surface area contributed by atoms with Crippen molar-refractivity contribution < 1.29 is 0 Å². The van der Waals surface area contributed by atoms with Crippen LogP contribution in [0.3, 0.4) is 0 Å². The van der Waals surface area contributed by atoms with Crippen molar-refractivity contribution in [2.75, 3.05) is 26.7 Å². The fourth-order valence-electron chi connectivity index (χ4n) is 0. The molecule has 0 N–H and O–H groups in total. The lowest BCUT2D eigenvalue weighted by atomic mass is 11.8. The highest BCUT2D eigenvalue weighted by molar-refractivity contribution is 7.72. The zero-order valence-corrected chi connectivity index (χ0v) is 6.34. The van der Waals surface area contributed by atoms with E-state index in [1.54, 1.807) is 0 Å². The summed E-state index contributed by atoms with van der Waals surface area (Å²) >= 11 is 0. The van der Waals surface area contributed by atoms with Crippen molar-refractivity contribution in [2.24, 2.45) is 0 Å². The van der Waals surface area contributed by atoms with Gasteiger partial charge in [-0.1, -0.05) is 7.43 Å². The molecule has 0 bridgehead atoms. The summed E-state index contributed by atoms with van der Waals surface area (Å²) in [4.78, 5) is 0. The quantitative estimate of drug-likeness (QED) is 0.342. The van der Waals surface area contributed by atoms with Crippen molar-refractivity contribution in [3.05, 3.63) is 7.43 Å². The first-order chi connectivity index (χ1) is 2.00. The van der Waals surface area contributed by atoms with Crippen LogP contribution in [0.25, 0.3) is 0 Å². The summed E-state index contributed by atoms with van der Waals surface area (Å²) in [7, 11) is -0.389. The molecule has 0 rings (SSSR count). The van der Waals surface area contributed by atoms with Gasteiger partial charge in [-0.25, -0.2) is 0 Å². The topological polar surface area (TPSA) is 0 Å². The molecule has 0 aliphatic rings. The first-order valence-electron chi connectivity index (χ1n) is 1.79. The summed E-state index contributed by atoms with van der Waals surface area (Å²) in [6, 6.07) is 0. The largest absolute Gasteiger partial charge is 0.358 e. The fourth-order valence-corrected chi connectivity index (χ4v) is 0. The van der Waals surface area contributed by atoms with E-state index in [-0.39, 0.29) is 22.1 Å². The third-order valence-electron chi connectivity index (χ3n) is 0. The zero-order chi connectivity index (χ0) is 4.50. The van der Waals surface area contributed by atoms with Gasteiger partial charge in [0, 0.05) is 33.9 Å². The van der Waals surface area contributed by atoms with E-state index in [1.807, 2.05) is 0 Å². The molecule has 0 aromatic heterocycles. The monoisotopic (exact) mass is 122 g/mol. The van der Waals surface area contributed by atoms with Gasteiger partial charge in [0.05, 0.1) is 0 Å². The Morgan fingerprint density at radius 2 is 0.857 bits per heavy atom. The van der Waals surface area contributed by atoms with Crippen molar-refractivity contribution in [2.45, 2.75) is 7.43 Å². The Balaban J connectivity index is -0.0000000800. The lowest BCUT2D eigenvalue weighted by molar-refractivity contribution is 1.95. The molecule has 0 aromatic rings. The molecule has 0 heterocycles. The fraction of sp³-hybridized carbons (Fsp3) is 0.833. The van der Waals surface area contributed by atoms with Crippen LogP contribution in [0, 0.1) is 7.43 Å². The maximum atomic E-state index is 2.30. The van der Waals surface area contributed by atoms with E-state index in [9.17, 15) is 0 Å². The van der Waals surface area contributed by atoms with Crippen LogP contribution >= 0.6 is 7.26 Å². The van der Waals surface area contributed by atoms with Gasteiger partial charge in [0.1, 0.15) is 0 Å². The second-order valence-corrected chi connectivity index (χ2v) is 8.05. The number of hydrogen-bond acceptors (Lipinski definition) is 0. The average Bonchev–Trinajstić information content (AvgIpc) is 0.722. The SMILES string of the molecule is C.C[P+](C)(C)C.[CH3-]. The molecule has 0 saturated carbocycles. The van der Waals surface area contributed by atoms with Gasteiger partial charge < -0.3 is 7.43 Å². The first-order valence-corrected chi connectivity index (χ1v) is 5.37. The van der Waals surface area contributed by atoms with Crippen molar-refractivity contribution >= 4 is 7.26 Å². The molecule has 0 radical (unpaired) electrons. The lowest BCUT2D eigenvalue weighted by Crippen LogP contribution is -1.74. The maximum Gasteiger partial charge on any atom is 0.0481 e. The van der Waals surface area contributed by atoms with Crippen LogP contribution in [-0.4, -0.2) is 26.7 Å². The summed E-state index contributed by atoms with van der Waals surface area (Å²) in [6.07, 6.45) is 0. The van der Waals surface area contributed by atoms with Crippen LogP contribution in [0.15, 0.2) is 0 Å². The van der Waals surface area contributed by atoms with Crippen LogP contribution in [0.4, 0.5) is 0 Å². The standard InChI is InChI=1S/C4H12P.CH4.CH3/c1-5(2,3)4;;/h1-4H3;1H4;1H3/q+1;;-1. The number of rotatable bonds is 0. The highest BCUT2D eigenvalue weighted by Gasteiger charge is 2.03. The molecule has 0 aromatic carbocycles. The van der Waals surface area contributed by atoms with Gasteiger partial charge in [-0.3, -0.25) is 0 Å². The van der Waals surface area contributed by atoms with E-state index < -0.39 is 0 Å². The van der Waals surface area contributed by atoms with Gasteiger partial charge in [-0.15, -0.1) is 0 Å². The van der Waals surface area contributed by atoms with Gasteiger partial charge >= 0.3 is 0 Å². The second kappa shape index (κ2) is 4.59. The van der Waals surface area contributed by atoms with E-state index >= 15 is 0 Å². The minimum absolute atomic E-state index is 0. The number of hydrogen-bond donors (Lipinski definition) is 0. The van der Waals surface area contributed by atoms with Crippen molar-refractivity contribution in [1.82, 2.24) is 0 Å². The summed E-state index contributed by atoms with van der Waals surface area (Å²) < 4.78 is 0. The predicted molar refractivity (Wildman–Crippen MR) is 43.8 cm³/mol. The molecule has 0 amide bonds. The summed E-state index contributed by atoms with van der Waals surface area (Å²) in [6.45, 7) is 9.19. The van der Waals surface area contributed by atoms with Gasteiger partial charge in [0.25, 0.3) is 0 Å². The molecular weight excluding hydrogens is 103 g/mol. The Morgan fingerprint density at radius 1 is 0.857 bits per heavy atom.